The average molecular weight is 288 g/mol. The molecule has 2 rings (SSSR count). The summed E-state index contributed by atoms with van der Waals surface area (Å²) in [6, 6.07) is 11.2. The average Bonchev–Trinajstić information content (AvgIpc) is 2.97. The third kappa shape index (κ3) is 3.68. The molecule has 1 aromatic heterocycles. The quantitative estimate of drug-likeness (QED) is 0.832. The fourth-order valence-corrected chi connectivity index (χ4v) is 3.16. The predicted molar refractivity (Wildman–Crippen MR) is 87.4 cm³/mol. The van der Waals surface area contributed by atoms with Crippen LogP contribution in [-0.2, 0) is 11.8 Å². The van der Waals surface area contributed by atoms with Gasteiger partial charge in [0.25, 0.3) is 0 Å². The van der Waals surface area contributed by atoms with Gasteiger partial charge in [-0.05, 0) is 18.5 Å². The fourth-order valence-electron chi connectivity index (χ4n) is 2.50. The predicted octanol–water partition coefficient (Wildman–Crippen LogP) is 4.03. The van der Waals surface area contributed by atoms with Crippen LogP contribution >= 0.6 is 11.3 Å². The number of nitrogens with zero attached hydrogens (tertiary/aromatic N) is 1. The number of nitrogens with one attached hydrogen (secondary N) is 1. The molecule has 0 aliphatic heterocycles. The zero-order chi connectivity index (χ0) is 14.4. The molecule has 0 spiro atoms. The summed E-state index contributed by atoms with van der Waals surface area (Å²) in [4.78, 5) is 4.45. The van der Waals surface area contributed by atoms with Gasteiger partial charge in [0.05, 0.1) is 5.01 Å². The standard InChI is InChI=1S/C17H24N2S/c1-4-10-18-15(13-16-19-11-12-20-16)17(2,3)14-8-6-5-7-9-14/h5-9,11-12,15,18H,4,10,13H2,1-3H3. The first kappa shape index (κ1) is 15.2. The fraction of sp³-hybridized carbons (Fsp3) is 0.471. The highest BCUT2D eigenvalue weighted by Gasteiger charge is 2.31. The first-order chi connectivity index (χ1) is 9.64. The first-order valence-electron chi connectivity index (χ1n) is 7.32. The lowest BCUT2D eigenvalue weighted by Gasteiger charge is -2.35. The molecule has 2 nitrogen and oxygen atoms in total. The van der Waals surface area contributed by atoms with Crippen LogP contribution in [0.5, 0.6) is 0 Å². The van der Waals surface area contributed by atoms with Gasteiger partial charge < -0.3 is 5.32 Å². The summed E-state index contributed by atoms with van der Waals surface area (Å²) in [7, 11) is 0. The summed E-state index contributed by atoms with van der Waals surface area (Å²) in [5, 5.41) is 6.98. The Morgan fingerprint density at radius 1 is 1.25 bits per heavy atom. The van der Waals surface area contributed by atoms with Crippen molar-refractivity contribution < 1.29 is 0 Å². The van der Waals surface area contributed by atoms with Crippen molar-refractivity contribution in [2.75, 3.05) is 6.54 Å². The molecule has 1 atom stereocenters. The highest BCUT2D eigenvalue weighted by Crippen LogP contribution is 2.29. The molecule has 0 bridgehead atoms. The molecule has 20 heavy (non-hydrogen) atoms. The Labute approximate surface area is 126 Å². The molecule has 108 valence electrons. The highest BCUT2D eigenvalue weighted by atomic mass is 32.1. The summed E-state index contributed by atoms with van der Waals surface area (Å²) < 4.78 is 0. The molecule has 0 aliphatic rings. The number of hydrogen-bond acceptors (Lipinski definition) is 3. The zero-order valence-corrected chi connectivity index (χ0v) is 13.4. The smallest absolute Gasteiger partial charge is 0.0940 e. The third-order valence-corrected chi connectivity index (χ3v) is 4.69. The molecule has 0 amide bonds. The summed E-state index contributed by atoms with van der Waals surface area (Å²) >= 11 is 1.74. The normalized spacial score (nSPS) is 13.3. The molecule has 0 saturated carbocycles. The maximum absolute atomic E-state index is 4.45. The summed E-state index contributed by atoms with van der Waals surface area (Å²) in [5.41, 5.74) is 1.47. The SMILES string of the molecule is CCCNC(Cc1nccs1)C(C)(C)c1ccccc1. The number of rotatable bonds is 7. The van der Waals surface area contributed by atoms with Crippen molar-refractivity contribution in [1.82, 2.24) is 10.3 Å². The van der Waals surface area contributed by atoms with E-state index < -0.39 is 0 Å². The van der Waals surface area contributed by atoms with E-state index in [1.165, 1.54) is 10.6 Å². The van der Waals surface area contributed by atoms with Gasteiger partial charge in [0.15, 0.2) is 0 Å². The van der Waals surface area contributed by atoms with E-state index in [4.69, 9.17) is 0 Å². The number of hydrogen-bond donors (Lipinski definition) is 1. The van der Waals surface area contributed by atoms with Crippen LogP contribution in [0, 0.1) is 0 Å². The molecular weight excluding hydrogens is 264 g/mol. The first-order valence-corrected chi connectivity index (χ1v) is 8.20. The van der Waals surface area contributed by atoms with Gasteiger partial charge in [-0.3, -0.25) is 0 Å². The second-order valence-electron chi connectivity index (χ2n) is 5.72. The molecule has 1 N–H and O–H groups in total. The largest absolute Gasteiger partial charge is 0.313 e. The zero-order valence-electron chi connectivity index (χ0n) is 12.6. The summed E-state index contributed by atoms with van der Waals surface area (Å²) in [6.45, 7) is 7.90. The van der Waals surface area contributed by atoms with Crippen molar-refractivity contribution in [3.63, 3.8) is 0 Å². The molecule has 0 fully saturated rings. The Morgan fingerprint density at radius 3 is 2.60 bits per heavy atom. The van der Waals surface area contributed by atoms with Gasteiger partial charge in [-0.15, -0.1) is 11.3 Å². The van der Waals surface area contributed by atoms with E-state index in [2.05, 4.69) is 66.8 Å². The molecule has 0 radical (unpaired) electrons. The minimum atomic E-state index is 0.0854. The highest BCUT2D eigenvalue weighted by molar-refractivity contribution is 7.09. The minimum Gasteiger partial charge on any atom is -0.313 e. The van der Waals surface area contributed by atoms with Gasteiger partial charge in [0.2, 0.25) is 0 Å². The van der Waals surface area contributed by atoms with E-state index in [-0.39, 0.29) is 5.41 Å². The molecule has 0 aliphatic carbocycles. The lowest BCUT2D eigenvalue weighted by atomic mass is 9.76. The molecular formula is C17H24N2S. The lowest BCUT2D eigenvalue weighted by molar-refractivity contribution is 0.337. The Bertz CT molecular complexity index is 491. The molecule has 1 aromatic carbocycles. The second kappa shape index (κ2) is 7.00. The Hall–Kier alpha value is -1.19. The molecule has 1 heterocycles. The van der Waals surface area contributed by atoms with Crippen molar-refractivity contribution >= 4 is 11.3 Å². The maximum Gasteiger partial charge on any atom is 0.0940 e. The van der Waals surface area contributed by atoms with Gasteiger partial charge in [-0.2, -0.15) is 0 Å². The lowest BCUT2D eigenvalue weighted by Crippen LogP contribution is -2.46. The monoisotopic (exact) mass is 288 g/mol. The minimum absolute atomic E-state index is 0.0854. The van der Waals surface area contributed by atoms with Crippen molar-refractivity contribution in [2.45, 2.75) is 45.1 Å². The van der Waals surface area contributed by atoms with Gasteiger partial charge in [0, 0.05) is 29.5 Å². The van der Waals surface area contributed by atoms with Crippen LogP contribution in [0.1, 0.15) is 37.8 Å². The Balaban J connectivity index is 2.20. The second-order valence-corrected chi connectivity index (χ2v) is 6.70. The third-order valence-electron chi connectivity index (χ3n) is 3.89. The van der Waals surface area contributed by atoms with Crippen LogP contribution in [0.2, 0.25) is 0 Å². The summed E-state index contributed by atoms with van der Waals surface area (Å²) in [6.07, 6.45) is 4.03. The summed E-state index contributed by atoms with van der Waals surface area (Å²) in [5.74, 6) is 0. The van der Waals surface area contributed by atoms with Crippen LogP contribution in [0.15, 0.2) is 41.9 Å². The van der Waals surface area contributed by atoms with Crippen molar-refractivity contribution in [2.24, 2.45) is 0 Å². The van der Waals surface area contributed by atoms with Gasteiger partial charge in [0.1, 0.15) is 0 Å². The molecule has 3 heteroatoms. The van der Waals surface area contributed by atoms with E-state index in [1.54, 1.807) is 11.3 Å². The van der Waals surface area contributed by atoms with Crippen LogP contribution in [0.25, 0.3) is 0 Å². The Morgan fingerprint density at radius 2 is 2.00 bits per heavy atom. The van der Waals surface area contributed by atoms with E-state index in [1.807, 2.05) is 6.20 Å². The molecule has 2 aromatic rings. The van der Waals surface area contributed by atoms with Crippen LogP contribution in [0.4, 0.5) is 0 Å². The number of thiazole rings is 1. The van der Waals surface area contributed by atoms with Crippen molar-refractivity contribution in [3.8, 4) is 0 Å². The van der Waals surface area contributed by atoms with Gasteiger partial charge in [-0.25, -0.2) is 4.98 Å². The number of benzene rings is 1. The van der Waals surface area contributed by atoms with E-state index in [0.29, 0.717) is 6.04 Å². The van der Waals surface area contributed by atoms with Crippen LogP contribution in [-0.4, -0.2) is 17.6 Å². The topological polar surface area (TPSA) is 24.9 Å². The maximum atomic E-state index is 4.45. The molecule has 0 saturated heterocycles. The van der Waals surface area contributed by atoms with Gasteiger partial charge >= 0.3 is 0 Å². The van der Waals surface area contributed by atoms with Crippen LogP contribution < -0.4 is 5.32 Å². The van der Waals surface area contributed by atoms with E-state index in [9.17, 15) is 0 Å². The van der Waals surface area contributed by atoms with E-state index in [0.717, 1.165) is 19.4 Å². The molecule has 1 unspecified atom stereocenters. The van der Waals surface area contributed by atoms with E-state index >= 15 is 0 Å². The van der Waals surface area contributed by atoms with Crippen LogP contribution in [0.3, 0.4) is 0 Å². The van der Waals surface area contributed by atoms with Gasteiger partial charge in [-0.1, -0.05) is 51.1 Å². The number of aromatic nitrogens is 1. The van der Waals surface area contributed by atoms with Crippen molar-refractivity contribution in [1.29, 1.82) is 0 Å². The Kier molecular flexibility index (Phi) is 5.32. The van der Waals surface area contributed by atoms with Crippen molar-refractivity contribution in [3.05, 3.63) is 52.5 Å².